The van der Waals surface area contributed by atoms with Crippen LogP contribution in [-0.2, 0) is 16.0 Å². The number of carbonyl (C=O) groups excluding carboxylic acids is 1. The molecule has 0 spiro atoms. The van der Waals surface area contributed by atoms with Crippen molar-refractivity contribution in [1.82, 2.24) is 5.48 Å². The highest BCUT2D eigenvalue weighted by molar-refractivity contribution is 9.10. The maximum absolute atomic E-state index is 11.5. The Balaban J connectivity index is 2.85. The van der Waals surface area contributed by atoms with Crippen molar-refractivity contribution in [2.45, 2.75) is 24.5 Å². The Labute approximate surface area is 151 Å². The molecule has 2 atom stereocenters. The zero-order valence-electron chi connectivity index (χ0n) is 12.9. The standard InChI is InChI=1S/C15H18BrNO6S/c1-24-12(13(18)17-23)3-2-9(14(19)20)4-8-5-10(15(21)22)7-11(16)6-8/h5-7,9,12,23H,2-4H2,1H3,(H,17,18)(H,19,20)(H,21,22). The van der Waals surface area contributed by atoms with E-state index in [1.54, 1.807) is 17.8 Å². The number of amides is 1. The third-order valence-corrected chi connectivity index (χ3v) is 4.98. The fourth-order valence-electron chi connectivity index (χ4n) is 2.27. The molecule has 0 aliphatic carbocycles. The number of carboxylic acids is 2. The molecule has 0 saturated carbocycles. The molecule has 24 heavy (non-hydrogen) atoms. The molecule has 1 amide bonds. The molecule has 0 heterocycles. The van der Waals surface area contributed by atoms with Crippen LogP contribution >= 0.6 is 27.7 Å². The van der Waals surface area contributed by atoms with Crippen LogP contribution in [0, 0.1) is 5.92 Å². The van der Waals surface area contributed by atoms with Crippen molar-refractivity contribution in [1.29, 1.82) is 0 Å². The Kier molecular flexibility index (Phi) is 8.23. The van der Waals surface area contributed by atoms with Crippen molar-refractivity contribution in [3.05, 3.63) is 33.8 Å². The van der Waals surface area contributed by atoms with Gasteiger partial charge in [-0.15, -0.1) is 0 Å². The lowest BCUT2D eigenvalue weighted by molar-refractivity contribution is -0.142. The second kappa shape index (κ2) is 9.65. The summed E-state index contributed by atoms with van der Waals surface area (Å²) in [4.78, 5) is 34.0. The van der Waals surface area contributed by atoms with Crippen LogP contribution in [0.3, 0.4) is 0 Å². The maximum Gasteiger partial charge on any atom is 0.335 e. The first-order chi connectivity index (χ1) is 11.3. The first-order valence-electron chi connectivity index (χ1n) is 7.00. The summed E-state index contributed by atoms with van der Waals surface area (Å²) in [7, 11) is 0. The highest BCUT2D eigenvalue weighted by atomic mass is 79.9. The normalized spacial score (nSPS) is 13.1. The molecule has 0 aromatic heterocycles. The van der Waals surface area contributed by atoms with E-state index < -0.39 is 29.0 Å². The zero-order valence-corrected chi connectivity index (χ0v) is 15.3. The molecule has 2 unspecified atom stereocenters. The van der Waals surface area contributed by atoms with Crippen molar-refractivity contribution < 1.29 is 29.8 Å². The Hall–Kier alpha value is -1.58. The van der Waals surface area contributed by atoms with Gasteiger partial charge in [0, 0.05) is 4.47 Å². The molecule has 4 N–H and O–H groups in total. The molecule has 1 aromatic rings. The number of thioether (sulfide) groups is 1. The number of hydrogen-bond donors (Lipinski definition) is 4. The van der Waals surface area contributed by atoms with Crippen LogP contribution in [0.15, 0.2) is 22.7 Å². The van der Waals surface area contributed by atoms with Gasteiger partial charge in [-0.05, 0) is 49.3 Å². The monoisotopic (exact) mass is 419 g/mol. The van der Waals surface area contributed by atoms with Crippen LogP contribution in [0.1, 0.15) is 28.8 Å². The third-order valence-electron chi connectivity index (χ3n) is 3.50. The summed E-state index contributed by atoms with van der Waals surface area (Å²) in [5.74, 6) is -3.44. The summed E-state index contributed by atoms with van der Waals surface area (Å²) in [5.41, 5.74) is 2.23. The second-order valence-electron chi connectivity index (χ2n) is 5.17. The summed E-state index contributed by atoms with van der Waals surface area (Å²) in [6.07, 6.45) is 2.35. The van der Waals surface area contributed by atoms with E-state index >= 15 is 0 Å². The fourth-order valence-corrected chi connectivity index (χ4v) is 3.45. The Morgan fingerprint density at radius 3 is 2.38 bits per heavy atom. The Morgan fingerprint density at radius 1 is 1.21 bits per heavy atom. The quantitative estimate of drug-likeness (QED) is 0.357. The van der Waals surface area contributed by atoms with Gasteiger partial charge in [0.1, 0.15) is 0 Å². The predicted molar refractivity (Wildman–Crippen MR) is 92.4 cm³/mol. The Bertz CT molecular complexity index is 624. The van der Waals surface area contributed by atoms with E-state index in [2.05, 4.69) is 15.9 Å². The van der Waals surface area contributed by atoms with E-state index in [4.69, 9.17) is 10.3 Å². The van der Waals surface area contributed by atoms with Crippen LogP contribution in [0.25, 0.3) is 0 Å². The first kappa shape index (κ1) is 20.5. The van der Waals surface area contributed by atoms with E-state index in [9.17, 15) is 19.5 Å². The number of hydrogen-bond acceptors (Lipinski definition) is 5. The summed E-state index contributed by atoms with van der Waals surface area (Å²) in [6.45, 7) is 0. The lowest BCUT2D eigenvalue weighted by Crippen LogP contribution is -2.31. The number of nitrogens with one attached hydrogen (secondary N) is 1. The molecule has 0 aliphatic heterocycles. The SMILES string of the molecule is CSC(CCC(Cc1cc(Br)cc(C(=O)O)c1)C(=O)O)C(=O)NO. The Morgan fingerprint density at radius 2 is 1.88 bits per heavy atom. The van der Waals surface area contributed by atoms with E-state index in [0.29, 0.717) is 10.0 Å². The number of halogens is 1. The summed E-state index contributed by atoms with van der Waals surface area (Å²) < 4.78 is 0.559. The van der Waals surface area contributed by atoms with Crippen molar-refractivity contribution >= 4 is 45.5 Å². The van der Waals surface area contributed by atoms with Gasteiger partial charge in [0.05, 0.1) is 16.7 Å². The summed E-state index contributed by atoms with van der Waals surface area (Å²) >= 11 is 4.44. The highest BCUT2D eigenvalue weighted by Gasteiger charge is 2.23. The number of aliphatic carboxylic acids is 1. The van der Waals surface area contributed by atoms with E-state index in [1.807, 2.05) is 0 Å². The molecule has 132 valence electrons. The minimum atomic E-state index is -1.09. The molecular formula is C15H18BrNO6S. The molecule has 1 aromatic carbocycles. The topological polar surface area (TPSA) is 124 Å². The van der Waals surface area contributed by atoms with Crippen LogP contribution in [-0.4, -0.2) is 44.8 Å². The summed E-state index contributed by atoms with van der Waals surface area (Å²) in [5, 5.41) is 26.6. The first-order valence-corrected chi connectivity index (χ1v) is 9.08. The van der Waals surface area contributed by atoms with Crippen LogP contribution in [0.5, 0.6) is 0 Å². The number of rotatable bonds is 9. The minimum Gasteiger partial charge on any atom is -0.481 e. The molecule has 0 aliphatic rings. The van der Waals surface area contributed by atoms with Crippen molar-refractivity contribution in [2.24, 2.45) is 5.92 Å². The highest BCUT2D eigenvalue weighted by Crippen LogP contribution is 2.23. The van der Waals surface area contributed by atoms with Crippen LogP contribution in [0.4, 0.5) is 0 Å². The average molecular weight is 420 g/mol. The van der Waals surface area contributed by atoms with Gasteiger partial charge >= 0.3 is 11.9 Å². The molecule has 0 bridgehead atoms. The molecule has 1 rings (SSSR count). The van der Waals surface area contributed by atoms with Gasteiger partial charge in [-0.25, -0.2) is 10.3 Å². The van der Waals surface area contributed by atoms with Crippen molar-refractivity contribution in [2.75, 3.05) is 6.26 Å². The minimum absolute atomic E-state index is 0.0742. The number of hydroxylamine groups is 1. The third kappa shape index (κ3) is 6.14. The number of carbonyl (C=O) groups is 3. The second-order valence-corrected chi connectivity index (χ2v) is 7.13. The molecule has 7 nitrogen and oxygen atoms in total. The van der Waals surface area contributed by atoms with Gasteiger partial charge in [0.25, 0.3) is 5.91 Å². The van der Waals surface area contributed by atoms with Gasteiger partial charge in [-0.3, -0.25) is 14.8 Å². The number of carboxylic acid groups (broad SMARTS) is 2. The zero-order chi connectivity index (χ0) is 18.3. The van der Waals surface area contributed by atoms with Gasteiger partial charge in [0.15, 0.2) is 0 Å². The van der Waals surface area contributed by atoms with Crippen molar-refractivity contribution in [3.8, 4) is 0 Å². The molecular weight excluding hydrogens is 402 g/mol. The largest absolute Gasteiger partial charge is 0.481 e. The molecule has 0 fully saturated rings. The lowest BCUT2D eigenvalue weighted by Gasteiger charge is -2.16. The number of aromatic carboxylic acids is 1. The molecule has 0 saturated heterocycles. The van der Waals surface area contributed by atoms with E-state index in [1.165, 1.54) is 23.9 Å². The predicted octanol–water partition coefficient (Wildman–Crippen LogP) is 2.41. The van der Waals surface area contributed by atoms with Gasteiger partial charge < -0.3 is 10.2 Å². The molecule has 0 radical (unpaired) electrons. The van der Waals surface area contributed by atoms with Gasteiger partial charge in [0.2, 0.25) is 0 Å². The van der Waals surface area contributed by atoms with E-state index in [-0.39, 0.29) is 24.8 Å². The summed E-state index contributed by atoms with van der Waals surface area (Å²) in [6, 6.07) is 4.56. The van der Waals surface area contributed by atoms with Crippen molar-refractivity contribution in [3.63, 3.8) is 0 Å². The van der Waals surface area contributed by atoms with Gasteiger partial charge in [-0.2, -0.15) is 11.8 Å². The lowest BCUT2D eigenvalue weighted by atomic mass is 9.93. The smallest absolute Gasteiger partial charge is 0.335 e. The molecule has 9 heteroatoms. The number of benzene rings is 1. The average Bonchev–Trinajstić information content (AvgIpc) is 2.53. The van der Waals surface area contributed by atoms with E-state index in [0.717, 1.165) is 0 Å². The van der Waals surface area contributed by atoms with Crippen LogP contribution in [0.2, 0.25) is 0 Å². The van der Waals surface area contributed by atoms with Crippen LogP contribution < -0.4 is 5.48 Å². The fraction of sp³-hybridized carbons (Fsp3) is 0.400. The maximum atomic E-state index is 11.5. The van der Waals surface area contributed by atoms with Gasteiger partial charge in [-0.1, -0.05) is 15.9 Å².